The normalized spacial score (nSPS) is 52.1. The average Bonchev–Trinajstić information content (AvgIpc) is 0.684. The molecule has 4 saturated carbocycles. The first-order valence-corrected chi connectivity index (χ1v) is 30.2. The lowest BCUT2D eigenvalue weighted by Gasteiger charge is -2.72. The maximum Gasteiger partial charge on any atom is 0.335 e. The monoisotopic (exact) mass is 1200 g/mol. The third-order valence-electron chi connectivity index (χ3n) is 22.7. The summed E-state index contributed by atoms with van der Waals surface area (Å²) in [6.07, 6.45) is -33.0. The SMILES string of the molecule is CC[C@H](C)C(=O)OC[C@@]12[C@H](O)C[C@]3(C)C(=CC[C@@H]4[C@@]5(C)CC[C@H](O[C@@H]6O[C@H](C(=O)O)[C@@H](O)[C@H](O[C@@H]7O[C@H](CO)[C@H](O)[C@H](O)[C@H]7O[C@@H]7O[C@@H](C)[C@H](O)[C@@H](O)[C@H]7O)[C@H]6O[C@@H]6O[C@H](CO)[C@@H](O)[C@H](O)[C@H]6O)C(C)(C)[C@@H]5CC[C@]43C)[C@@H]1CC(C)(C)C[C@@H]2O. The highest BCUT2D eigenvalue weighted by Gasteiger charge is 2.72. The van der Waals surface area contributed by atoms with Crippen LogP contribution in [0.4, 0.5) is 0 Å². The Morgan fingerprint density at radius 1 is 0.619 bits per heavy atom. The van der Waals surface area contributed by atoms with Crippen LogP contribution in [0.5, 0.6) is 0 Å². The molecule has 0 aromatic rings. The summed E-state index contributed by atoms with van der Waals surface area (Å²) in [4.78, 5) is 26.5. The fourth-order valence-corrected chi connectivity index (χ4v) is 17.3. The Kier molecular flexibility index (Phi) is 19.1. The Balaban J connectivity index is 1.04. The van der Waals surface area contributed by atoms with Gasteiger partial charge in [-0.2, -0.15) is 0 Å². The van der Waals surface area contributed by atoms with E-state index in [2.05, 4.69) is 40.7 Å². The van der Waals surface area contributed by atoms with Crippen LogP contribution in [-0.2, 0) is 52.2 Å². The predicted molar refractivity (Wildman–Crippen MR) is 288 cm³/mol. The number of hydrogen-bond donors (Lipinski definition) is 14. The number of carbonyl (C=O) groups excluding carboxylic acids is 1. The van der Waals surface area contributed by atoms with Crippen molar-refractivity contribution in [3.63, 3.8) is 0 Å². The van der Waals surface area contributed by atoms with E-state index in [4.69, 9.17) is 42.6 Å². The number of ether oxygens (including phenoxy) is 9. The third kappa shape index (κ3) is 11.0. The Morgan fingerprint density at radius 2 is 1.18 bits per heavy atom. The lowest BCUT2D eigenvalue weighted by molar-refractivity contribution is -0.406. The van der Waals surface area contributed by atoms with E-state index in [0.717, 1.165) is 6.42 Å². The standard InChI is InChI=1S/C59H96O25/c1-11-24(2)49(75)76-23-59-27(18-54(4,5)19-32(59)62)26-12-13-31-56(8)16-15-34(55(6,7)30(56)14-17-57(31,9)58(26,10)20-33(59)63)80-53-47(84-51-42(71)39(68)36(65)28(21-60)78-51)44(43(72)45(82-53)48(73)74)81-52-46(40(69)37(66)29(22-61)79-52)83-50-41(70)38(67)35(64)25(3)77-50/h12,24-25,27-47,50-53,60-72H,11,13-23H2,1-10H3,(H,73,74)/t24-,25-,27-,28+,29+,30-,31+,32-,33+,34-,35-,36+,37-,38+,39-,40-,41+,42+,43-,44-,45-,46+,47+,50-,51-,52-,53+,56-,57+,58+,59+/m0/s1. The van der Waals surface area contributed by atoms with Crippen LogP contribution in [0.15, 0.2) is 11.6 Å². The quantitative estimate of drug-likeness (QED) is 0.0536. The molecule has 0 aromatic heterocycles. The lowest BCUT2D eigenvalue weighted by Crippen LogP contribution is -2.70. The zero-order valence-corrected chi connectivity index (χ0v) is 49.9. The molecule has 4 saturated heterocycles. The second-order valence-corrected chi connectivity index (χ2v) is 28.3. The predicted octanol–water partition coefficient (Wildman–Crippen LogP) is -0.903. The fourth-order valence-electron chi connectivity index (χ4n) is 17.3. The Hall–Kier alpha value is -2.16. The van der Waals surface area contributed by atoms with Crippen molar-refractivity contribution in [1.82, 2.24) is 0 Å². The molecule has 31 atom stereocenters. The Labute approximate surface area is 490 Å². The summed E-state index contributed by atoms with van der Waals surface area (Å²) in [5.41, 5.74) is -2.28. The molecule has 4 aliphatic heterocycles. The minimum Gasteiger partial charge on any atom is -0.479 e. The zero-order chi connectivity index (χ0) is 61.9. The summed E-state index contributed by atoms with van der Waals surface area (Å²) in [5.74, 6) is -2.72. The van der Waals surface area contributed by atoms with E-state index in [9.17, 15) is 81.1 Å². The lowest BCUT2D eigenvalue weighted by atomic mass is 9.33. The molecule has 0 amide bonds. The highest BCUT2D eigenvalue weighted by Crippen LogP contribution is 2.76. The number of hydrogen-bond acceptors (Lipinski definition) is 24. The molecule has 0 radical (unpaired) electrons. The minimum absolute atomic E-state index is 0.0543. The van der Waals surface area contributed by atoms with Crippen molar-refractivity contribution in [2.45, 2.75) is 268 Å². The first-order valence-electron chi connectivity index (χ1n) is 30.2. The van der Waals surface area contributed by atoms with Crippen LogP contribution in [0.1, 0.15) is 127 Å². The summed E-state index contributed by atoms with van der Waals surface area (Å²) in [6.45, 7) is 18.4. The molecule has 0 unspecified atom stereocenters. The Bertz CT molecular complexity index is 2360. The van der Waals surface area contributed by atoms with Gasteiger partial charge < -0.3 is 114 Å². The van der Waals surface area contributed by atoms with E-state index in [1.54, 1.807) is 0 Å². The smallest absolute Gasteiger partial charge is 0.335 e. The molecule has 4 heterocycles. The van der Waals surface area contributed by atoms with Gasteiger partial charge in [-0.1, -0.05) is 74.0 Å². The van der Waals surface area contributed by atoms with Crippen LogP contribution in [-0.4, -0.2) is 244 Å². The molecule has 0 spiro atoms. The topological polar surface area (TPSA) is 400 Å². The van der Waals surface area contributed by atoms with Gasteiger partial charge in [0.15, 0.2) is 31.3 Å². The summed E-state index contributed by atoms with van der Waals surface area (Å²) in [6, 6.07) is 0. The molecule has 482 valence electrons. The number of carboxylic acids is 1. The number of fused-ring (bicyclic) bond motifs is 7. The van der Waals surface area contributed by atoms with Gasteiger partial charge in [-0.15, -0.1) is 0 Å². The average molecular weight is 1210 g/mol. The van der Waals surface area contributed by atoms with Gasteiger partial charge in [-0.25, -0.2) is 4.79 Å². The molecular formula is C59H96O25. The van der Waals surface area contributed by atoms with Crippen molar-refractivity contribution in [3.8, 4) is 0 Å². The fraction of sp³-hybridized carbons (Fsp3) is 0.932. The van der Waals surface area contributed by atoms with Crippen molar-refractivity contribution < 1.29 is 124 Å². The second kappa shape index (κ2) is 24.2. The molecule has 0 bridgehead atoms. The van der Waals surface area contributed by atoms with E-state index >= 15 is 0 Å². The van der Waals surface area contributed by atoms with Gasteiger partial charge in [-0.05, 0) is 110 Å². The maximum atomic E-state index is 13.2. The number of esters is 1. The molecule has 25 heteroatoms. The van der Waals surface area contributed by atoms with Gasteiger partial charge in [0, 0.05) is 0 Å². The molecule has 0 aromatic carbocycles. The van der Waals surface area contributed by atoms with Crippen LogP contribution in [0, 0.1) is 56.2 Å². The molecule has 5 aliphatic carbocycles. The van der Waals surface area contributed by atoms with Gasteiger partial charge in [0.2, 0.25) is 0 Å². The number of carboxylic acid groups (broad SMARTS) is 1. The first-order chi connectivity index (χ1) is 39.2. The molecule has 8 fully saturated rings. The summed E-state index contributed by atoms with van der Waals surface area (Å²) in [5, 5.41) is 156. The van der Waals surface area contributed by atoms with E-state index < -0.39 is 177 Å². The van der Waals surface area contributed by atoms with E-state index in [0.29, 0.717) is 51.4 Å². The van der Waals surface area contributed by atoms with E-state index in [-0.39, 0.29) is 52.5 Å². The van der Waals surface area contributed by atoms with Gasteiger partial charge >= 0.3 is 11.9 Å². The van der Waals surface area contributed by atoms with Crippen molar-refractivity contribution in [2.75, 3.05) is 19.8 Å². The summed E-state index contributed by atoms with van der Waals surface area (Å²) in [7, 11) is 0. The van der Waals surface area contributed by atoms with Gasteiger partial charge in [-0.3, -0.25) is 4.79 Å². The van der Waals surface area contributed by atoms with Gasteiger partial charge in [0.05, 0.1) is 49.0 Å². The van der Waals surface area contributed by atoms with Crippen LogP contribution in [0.25, 0.3) is 0 Å². The number of aliphatic carboxylic acids is 1. The molecule has 84 heavy (non-hydrogen) atoms. The molecule has 25 nitrogen and oxygen atoms in total. The van der Waals surface area contributed by atoms with Crippen LogP contribution in [0.2, 0.25) is 0 Å². The zero-order valence-electron chi connectivity index (χ0n) is 49.9. The number of aliphatic hydroxyl groups is 13. The minimum atomic E-state index is -2.26. The number of carbonyl (C=O) groups is 2. The van der Waals surface area contributed by atoms with E-state index in [1.165, 1.54) is 12.5 Å². The van der Waals surface area contributed by atoms with Crippen molar-refractivity contribution in [1.29, 1.82) is 0 Å². The Morgan fingerprint density at radius 3 is 1.80 bits per heavy atom. The molecule has 9 rings (SSSR count). The van der Waals surface area contributed by atoms with Gasteiger partial charge in [0.1, 0.15) is 92.1 Å². The third-order valence-corrected chi connectivity index (χ3v) is 22.7. The number of rotatable bonds is 15. The number of allylic oxidation sites excluding steroid dienone is 2. The largest absolute Gasteiger partial charge is 0.479 e. The molecule has 14 N–H and O–H groups in total. The van der Waals surface area contributed by atoms with Crippen LogP contribution >= 0.6 is 0 Å². The first kappa shape index (κ1) is 66.3. The summed E-state index contributed by atoms with van der Waals surface area (Å²) < 4.78 is 55.2. The van der Waals surface area contributed by atoms with Crippen molar-refractivity contribution >= 4 is 11.9 Å². The maximum absolute atomic E-state index is 13.2. The molecule has 9 aliphatic rings. The highest BCUT2D eigenvalue weighted by molar-refractivity contribution is 5.73. The highest BCUT2D eigenvalue weighted by atomic mass is 16.8. The van der Waals surface area contributed by atoms with Gasteiger partial charge in [0.25, 0.3) is 0 Å². The molecular weight excluding hydrogens is 1110 g/mol. The second-order valence-electron chi connectivity index (χ2n) is 28.3. The van der Waals surface area contributed by atoms with E-state index in [1.807, 2.05) is 27.7 Å². The van der Waals surface area contributed by atoms with Crippen molar-refractivity contribution in [2.24, 2.45) is 56.2 Å². The summed E-state index contributed by atoms with van der Waals surface area (Å²) >= 11 is 0. The van der Waals surface area contributed by atoms with Crippen molar-refractivity contribution in [3.05, 3.63) is 11.6 Å². The van der Waals surface area contributed by atoms with Crippen LogP contribution < -0.4 is 0 Å². The van der Waals surface area contributed by atoms with Crippen LogP contribution in [0.3, 0.4) is 0 Å². The number of aliphatic hydroxyl groups excluding tert-OH is 13.